The summed E-state index contributed by atoms with van der Waals surface area (Å²) in [4.78, 5) is 10.7. The van der Waals surface area contributed by atoms with Crippen molar-refractivity contribution in [2.75, 3.05) is 0 Å². The highest BCUT2D eigenvalue weighted by Crippen LogP contribution is 2.33. The molecule has 0 spiro atoms. The van der Waals surface area contributed by atoms with Crippen molar-refractivity contribution in [1.82, 2.24) is 0 Å². The molecule has 1 N–H and O–H groups in total. The number of carbonyl (C=O) groups excluding carboxylic acids is 1. The summed E-state index contributed by atoms with van der Waals surface area (Å²) in [5.74, 6) is 0.662. The number of hydrogen-bond acceptors (Lipinski definition) is 3. The fourth-order valence-electron chi connectivity index (χ4n) is 1.38. The first-order valence-electron chi connectivity index (χ1n) is 5.01. The summed E-state index contributed by atoms with van der Waals surface area (Å²) in [5, 5.41) is 10.1. The number of phenols is 1. The summed E-state index contributed by atoms with van der Waals surface area (Å²) in [7, 11) is 0. The van der Waals surface area contributed by atoms with Crippen molar-refractivity contribution in [2.45, 2.75) is 0 Å². The Labute approximate surface area is 114 Å². The number of phenolic OH excluding ortho intramolecular Hbond substituents is 1. The Morgan fingerprint density at radius 2 is 1.72 bits per heavy atom. The molecule has 2 aromatic rings. The molecule has 3 nitrogen and oxygen atoms in total. The molecule has 92 valence electrons. The van der Waals surface area contributed by atoms with Gasteiger partial charge in [0.05, 0.1) is 10.6 Å². The molecule has 0 aliphatic carbocycles. The van der Waals surface area contributed by atoms with Crippen molar-refractivity contribution in [2.24, 2.45) is 0 Å². The van der Waals surface area contributed by atoms with E-state index in [9.17, 15) is 9.90 Å². The fraction of sp³-hybridized carbons (Fsp3) is 0. The van der Waals surface area contributed by atoms with Gasteiger partial charge in [0.2, 0.25) is 0 Å². The van der Waals surface area contributed by atoms with E-state index in [4.69, 9.17) is 27.9 Å². The van der Waals surface area contributed by atoms with Gasteiger partial charge in [-0.05, 0) is 30.3 Å². The van der Waals surface area contributed by atoms with E-state index in [1.807, 2.05) is 0 Å². The Morgan fingerprint density at radius 3 is 2.33 bits per heavy atom. The SMILES string of the molecule is O=Cc1cc(Oc2ccc(Cl)cc2)cc(Cl)c1O. The number of halogens is 2. The molecule has 0 heterocycles. The molecule has 0 saturated carbocycles. The van der Waals surface area contributed by atoms with Crippen LogP contribution in [-0.4, -0.2) is 11.4 Å². The molecule has 0 aliphatic heterocycles. The summed E-state index contributed by atoms with van der Waals surface area (Å²) in [5.41, 5.74) is 0.0754. The predicted molar refractivity (Wildman–Crippen MR) is 70.0 cm³/mol. The molecule has 18 heavy (non-hydrogen) atoms. The number of ether oxygens (including phenoxy) is 1. The Morgan fingerprint density at radius 1 is 1.06 bits per heavy atom. The first kappa shape index (κ1) is 12.7. The Kier molecular flexibility index (Phi) is 3.75. The second-order valence-electron chi connectivity index (χ2n) is 3.52. The van der Waals surface area contributed by atoms with Gasteiger partial charge in [-0.2, -0.15) is 0 Å². The molecule has 0 aromatic heterocycles. The summed E-state index contributed by atoms with van der Waals surface area (Å²) < 4.78 is 5.50. The van der Waals surface area contributed by atoms with Gasteiger partial charge in [0.25, 0.3) is 0 Å². The van der Waals surface area contributed by atoms with Crippen molar-refractivity contribution in [3.05, 3.63) is 52.0 Å². The average Bonchev–Trinajstić information content (AvgIpc) is 2.36. The zero-order valence-corrected chi connectivity index (χ0v) is 10.6. The van der Waals surface area contributed by atoms with Crippen LogP contribution in [0.4, 0.5) is 0 Å². The van der Waals surface area contributed by atoms with Gasteiger partial charge in [-0.3, -0.25) is 4.79 Å². The molecule has 0 bridgehead atoms. The second kappa shape index (κ2) is 5.29. The first-order chi connectivity index (χ1) is 8.60. The molecule has 2 aromatic carbocycles. The Bertz CT molecular complexity index is 580. The Hall–Kier alpha value is -1.71. The van der Waals surface area contributed by atoms with Crippen LogP contribution in [0.2, 0.25) is 10.0 Å². The van der Waals surface area contributed by atoms with Crippen LogP contribution in [0, 0.1) is 0 Å². The van der Waals surface area contributed by atoms with E-state index in [1.165, 1.54) is 12.1 Å². The van der Waals surface area contributed by atoms with Crippen molar-refractivity contribution in [1.29, 1.82) is 0 Å². The van der Waals surface area contributed by atoms with Gasteiger partial charge in [0, 0.05) is 11.1 Å². The Balaban J connectivity index is 2.32. The third kappa shape index (κ3) is 2.75. The lowest BCUT2D eigenvalue weighted by molar-refractivity contribution is 0.112. The number of aromatic hydroxyl groups is 1. The fourth-order valence-corrected chi connectivity index (χ4v) is 1.72. The molecule has 0 saturated heterocycles. The quantitative estimate of drug-likeness (QED) is 0.854. The zero-order valence-electron chi connectivity index (χ0n) is 9.06. The van der Waals surface area contributed by atoms with Crippen LogP contribution in [0.1, 0.15) is 10.4 Å². The van der Waals surface area contributed by atoms with Crippen LogP contribution in [-0.2, 0) is 0 Å². The molecule has 0 radical (unpaired) electrons. The summed E-state index contributed by atoms with van der Waals surface area (Å²) in [6, 6.07) is 9.56. The maximum atomic E-state index is 10.7. The smallest absolute Gasteiger partial charge is 0.153 e. The highest BCUT2D eigenvalue weighted by Gasteiger charge is 2.09. The first-order valence-corrected chi connectivity index (χ1v) is 5.77. The van der Waals surface area contributed by atoms with Gasteiger partial charge in [-0.1, -0.05) is 23.2 Å². The highest BCUT2D eigenvalue weighted by molar-refractivity contribution is 6.32. The van der Waals surface area contributed by atoms with Gasteiger partial charge in [0.1, 0.15) is 17.2 Å². The van der Waals surface area contributed by atoms with Crippen LogP contribution in [0.25, 0.3) is 0 Å². The molecule has 0 fully saturated rings. The summed E-state index contributed by atoms with van der Waals surface area (Å²) >= 11 is 11.5. The molecule has 0 atom stereocenters. The van der Waals surface area contributed by atoms with Gasteiger partial charge in [0.15, 0.2) is 6.29 Å². The lowest BCUT2D eigenvalue weighted by Crippen LogP contribution is -1.88. The lowest BCUT2D eigenvalue weighted by atomic mass is 10.2. The van der Waals surface area contributed by atoms with Crippen molar-refractivity contribution in [3.63, 3.8) is 0 Å². The van der Waals surface area contributed by atoms with E-state index in [0.717, 1.165) is 0 Å². The highest BCUT2D eigenvalue weighted by atomic mass is 35.5. The van der Waals surface area contributed by atoms with E-state index >= 15 is 0 Å². The molecule has 0 aliphatic rings. The van der Waals surface area contributed by atoms with Crippen LogP contribution >= 0.6 is 23.2 Å². The average molecular weight is 283 g/mol. The van der Waals surface area contributed by atoms with Crippen LogP contribution < -0.4 is 4.74 Å². The molecule has 0 unspecified atom stereocenters. The lowest BCUT2D eigenvalue weighted by Gasteiger charge is -2.08. The number of carbonyl (C=O) groups is 1. The number of hydrogen-bond donors (Lipinski definition) is 1. The maximum absolute atomic E-state index is 10.7. The summed E-state index contributed by atoms with van der Waals surface area (Å²) in [6.07, 6.45) is 0.510. The number of aldehydes is 1. The zero-order chi connectivity index (χ0) is 13.1. The predicted octanol–water partition coefficient (Wildman–Crippen LogP) is 4.30. The van der Waals surface area contributed by atoms with Crippen LogP contribution in [0.3, 0.4) is 0 Å². The minimum Gasteiger partial charge on any atom is -0.506 e. The number of benzene rings is 2. The molecular formula is C13H8Cl2O3. The minimum absolute atomic E-state index is 0.0589. The second-order valence-corrected chi connectivity index (χ2v) is 4.36. The minimum atomic E-state index is -0.255. The van der Waals surface area contributed by atoms with E-state index in [2.05, 4.69) is 0 Å². The van der Waals surface area contributed by atoms with Crippen LogP contribution in [0.5, 0.6) is 17.2 Å². The normalized spacial score (nSPS) is 10.1. The van der Waals surface area contributed by atoms with E-state index < -0.39 is 0 Å². The molecular weight excluding hydrogens is 275 g/mol. The van der Waals surface area contributed by atoms with Gasteiger partial charge in [-0.25, -0.2) is 0 Å². The topological polar surface area (TPSA) is 46.5 Å². The van der Waals surface area contributed by atoms with Gasteiger partial charge < -0.3 is 9.84 Å². The standard InChI is InChI=1S/C13H8Cl2O3/c14-9-1-3-10(4-2-9)18-11-5-8(7-16)13(17)12(15)6-11/h1-7,17H. The van der Waals surface area contributed by atoms with E-state index in [0.29, 0.717) is 22.8 Å². The van der Waals surface area contributed by atoms with E-state index in [1.54, 1.807) is 24.3 Å². The third-order valence-corrected chi connectivity index (χ3v) is 2.78. The molecule has 5 heteroatoms. The van der Waals surface area contributed by atoms with Crippen LogP contribution in [0.15, 0.2) is 36.4 Å². The van der Waals surface area contributed by atoms with Crippen molar-refractivity contribution < 1.29 is 14.6 Å². The van der Waals surface area contributed by atoms with E-state index in [-0.39, 0.29) is 16.3 Å². The molecule has 2 rings (SSSR count). The molecule has 0 amide bonds. The maximum Gasteiger partial charge on any atom is 0.153 e. The number of rotatable bonds is 3. The third-order valence-electron chi connectivity index (χ3n) is 2.24. The van der Waals surface area contributed by atoms with Gasteiger partial charge >= 0.3 is 0 Å². The van der Waals surface area contributed by atoms with Crippen molar-refractivity contribution in [3.8, 4) is 17.2 Å². The summed E-state index contributed by atoms with van der Waals surface area (Å²) in [6.45, 7) is 0. The largest absolute Gasteiger partial charge is 0.506 e. The van der Waals surface area contributed by atoms with Crippen molar-refractivity contribution >= 4 is 29.5 Å². The van der Waals surface area contributed by atoms with Gasteiger partial charge in [-0.15, -0.1) is 0 Å². The monoisotopic (exact) mass is 282 g/mol.